The summed E-state index contributed by atoms with van der Waals surface area (Å²) in [5.74, 6) is -0.151. The fraction of sp³-hybridized carbons (Fsp3) is 0.222. The number of pyridine rings is 1. The van der Waals surface area contributed by atoms with Crippen molar-refractivity contribution in [3.63, 3.8) is 0 Å². The van der Waals surface area contributed by atoms with E-state index in [4.69, 9.17) is 0 Å². The van der Waals surface area contributed by atoms with Crippen LogP contribution in [0.25, 0.3) is 11.5 Å². The molecule has 10 heteroatoms. The van der Waals surface area contributed by atoms with Gasteiger partial charge in [0.1, 0.15) is 5.69 Å². The normalized spacial score (nSPS) is 11.4. The van der Waals surface area contributed by atoms with Crippen molar-refractivity contribution in [2.75, 3.05) is 6.54 Å². The first-order chi connectivity index (χ1) is 13.3. The standard InChI is InChI=1S/C18H16F3N5O2/c1-25-15(14-4-2-3-9-22-14)24-26(17(25)28)11-10-23-16(27)12-5-7-13(8-6-12)18(19,20)21/h2-9H,10-11H2,1H3,(H,23,27). The highest BCUT2D eigenvalue weighted by Crippen LogP contribution is 2.29. The van der Waals surface area contributed by atoms with Gasteiger partial charge in [0.15, 0.2) is 5.82 Å². The first-order valence-corrected chi connectivity index (χ1v) is 8.28. The van der Waals surface area contributed by atoms with E-state index in [0.29, 0.717) is 11.5 Å². The van der Waals surface area contributed by atoms with Crippen LogP contribution in [0.15, 0.2) is 53.5 Å². The summed E-state index contributed by atoms with van der Waals surface area (Å²) in [6.07, 6.45) is -2.87. The molecule has 0 fully saturated rings. The summed E-state index contributed by atoms with van der Waals surface area (Å²) in [4.78, 5) is 28.5. The lowest BCUT2D eigenvalue weighted by Gasteiger charge is -2.08. The van der Waals surface area contributed by atoms with E-state index in [0.717, 1.165) is 24.3 Å². The fourth-order valence-electron chi connectivity index (χ4n) is 2.54. The number of nitrogens with zero attached hydrogens (tertiary/aromatic N) is 4. The molecule has 0 bridgehead atoms. The Morgan fingerprint density at radius 1 is 1.14 bits per heavy atom. The number of hydrogen-bond donors (Lipinski definition) is 1. The van der Waals surface area contributed by atoms with E-state index in [-0.39, 0.29) is 24.3 Å². The number of alkyl halides is 3. The van der Waals surface area contributed by atoms with Crippen molar-refractivity contribution in [2.24, 2.45) is 7.05 Å². The molecule has 0 atom stereocenters. The molecule has 0 radical (unpaired) electrons. The van der Waals surface area contributed by atoms with Crippen LogP contribution < -0.4 is 11.0 Å². The van der Waals surface area contributed by atoms with E-state index in [1.54, 1.807) is 31.4 Å². The van der Waals surface area contributed by atoms with E-state index < -0.39 is 17.6 Å². The van der Waals surface area contributed by atoms with Crippen LogP contribution in [0.5, 0.6) is 0 Å². The highest BCUT2D eigenvalue weighted by molar-refractivity contribution is 5.94. The van der Waals surface area contributed by atoms with Gasteiger partial charge in [-0.15, -0.1) is 5.10 Å². The molecule has 0 unspecified atom stereocenters. The van der Waals surface area contributed by atoms with Crippen LogP contribution in [0.2, 0.25) is 0 Å². The summed E-state index contributed by atoms with van der Waals surface area (Å²) in [5.41, 5.74) is -0.569. The third-order valence-corrected chi connectivity index (χ3v) is 4.02. The minimum absolute atomic E-state index is 0.0818. The Balaban J connectivity index is 1.64. The molecule has 2 aromatic heterocycles. The largest absolute Gasteiger partial charge is 0.416 e. The molecule has 3 aromatic rings. The summed E-state index contributed by atoms with van der Waals surface area (Å²) in [6.45, 7) is 0.185. The van der Waals surface area contributed by atoms with Crippen molar-refractivity contribution in [3.8, 4) is 11.5 Å². The molecule has 1 amide bonds. The van der Waals surface area contributed by atoms with Crippen LogP contribution in [0.1, 0.15) is 15.9 Å². The Hall–Kier alpha value is -3.43. The molecule has 0 aliphatic heterocycles. The lowest BCUT2D eigenvalue weighted by Crippen LogP contribution is -2.31. The maximum atomic E-state index is 12.6. The summed E-state index contributed by atoms with van der Waals surface area (Å²) in [5, 5.41) is 6.77. The van der Waals surface area contributed by atoms with E-state index in [1.807, 2.05) is 0 Å². The highest BCUT2D eigenvalue weighted by Gasteiger charge is 2.30. The number of rotatable bonds is 5. The molecule has 0 saturated carbocycles. The Bertz CT molecular complexity index is 1020. The molecule has 0 aliphatic carbocycles. The Kier molecular flexibility index (Phi) is 5.30. The van der Waals surface area contributed by atoms with Crippen molar-refractivity contribution in [1.29, 1.82) is 0 Å². The van der Waals surface area contributed by atoms with Crippen molar-refractivity contribution in [1.82, 2.24) is 24.6 Å². The van der Waals surface area contributed by atoms with Crippen LogP contribution >= 0.6 is 0 Å². The average molecular weight is 391 g/mol. The maximum Gasteiger partial charge on any atom is 0.416 e. The average Bonchev–Trinajstić information content (AvgIpc) is 2.96. The molecular weight excluding hydrogens is 375 g/mol. The number of hydrogen-bond acceptors (Lipinski definition) is 4. The third-order valence-electron chi connectivity index (χ3n) is 4.02. The van der Waals surface area contributed by atoms with Crippen molar-refractivity contribution >= 4 is 5.91 Å². The van der Waals surface area contributed by atoms with Crippen molar-refractivity contribution < 1.29 is 18.0 Å². The number of benzene rings is 1. The maximum absolute atomic E-state index is 12.6. The SMILES string of the molecule is Cn1c(-c2ccccn2)nn(CCNC(=O)c2ccc(C(F)(F)F)cc2)c1=O. The fourth-order valence-corrected chi connectivity index (χ4v) is 2.54. The van der Waals surface area contributed by atoms with Crippen LogP contribution in [0, 0.1) is 0 Å². The number of amides is 1. The second-order valence-corrected chi connectivity index (χ2v) is 5.93. The molecule has 0 saturated heterocycles. The van der Waals surface area contributed by atoms with E-state index in [2.05, 4.69) is 15.4 Å². The smallest absolute Gasteiger partial charge is 0.350 e. The first-order valence-electron chi connectivity index (χ1n) is 8.28. The number of nitrogens with one attached hydrogen (secondary N) is 1. The lowest BCUT2D eigenvalue weighted by atomic mass is 10.1. The number of aromatic nitrogens is 4. The van der Waals surface area contributed by atoms with Crippen molar-refractivity contribution in [3.05, 3.63) is 70.3 Å². The van der Waals surface area contributed by atoms with Gasteiger partial charge in [-0.05, 0) is 36.4 Å². The van der Waals surface area contributed by atoms with E-state index >= 15 is 0 Å². The molecule has 1 aromatic carbocycles. The van der Waals surface area contributed by atoms with Gasteiger partial charge in [0.05, 0.1) is 12.1 Å². The topological polar surface area (TPSA) is 81.8 Å². The lowest BCUT2D eigenvalue weighted by molar-refractivity contribution is -0.137. The van der Waals surface area contributed by atoms with Crippen molar-refractivity contribution in [2.45, 2.75) is 12.7 Å². The Labute approximate surface area is 157 Å². The molecule has 28 heavy (non-hydrogen) atoms. The Morgan fingerprint density at radius 3 is 2.46 bits per heavy atom. The second kappa shape index (κ2) is 7.67. The third kappa shape index (κ3) is 4.11. The van der Waals surface area contributed by atoms with Gasteiger partial charge in [0.2, 0.25) is 0 Å². The second-order valence-electron chi connectivity index (χ2n) is 5.93. The van der Waals surface area contributed by atoms with Gasteiger partial charge in [-0.25, -0.2) is 9.48 Å². The molecule has 2 heterocycles. The zero-order valence-electron chi connectivity index (χ0n) is 14.8. The summed E-state index contributed by atoms with van der Waals surface area (Å²) < 4.78 is 40.2. The van der Waals surface area contributed by atoms with Crippen LogP contribution in [-0.2, 0) is 19.8 Å². The quantitative estimate of drug-likeness (QED) is 0.722. The molecule has 0 aliphatic rings. The van der Waals surface area contributed by atoms with Gasteiger partial charge in [-0.2, -0.15) is 13.2 Å². The van der Waals surface area contributed by atoms with Crippen LogP contribution in [-0.4, -0.2) is 31.8 Å². The molecule has 1 N–H and O–H groups in total. The van der Waals surface area contributed by atoms with E-state index in [1.165, 1.54) is 9.25 Å². The number of halogens is 3. The van der Waals surface area contributed by atoms with Gasteiger partial charge in [0.25, 0.3) is 5.91 Å². The number of carbonyl (C=O) groups excluding carboxylic acids is 1. The highest BCUT2D eigenvalue weighted by atomic mass is 19.4. The predicted molar refractivity (Wildman–Crippen MR) is 94.5 cm³/mol. The molecule has 7 nitrogen and oxygen atoms in total. The predicted octanol–water partition coefficient (Wildman–Crippen LogP) is 2.09. The monoisotopic (exact) mass is 391 g/mol. The zero-order chi connectivity index (χ0) is 20.3. The van der Waals surface area contributed by atoms with E-state index in [9.17, 15) is 22.8 Å². The van der Waals surface area contributed by atoms with Crippen LogP contribution in [0.3, 0.4) is 0 Å². The molecule has 146 valence electrons. The van der Waals surface area contributed by atoms with Gasteiger partial charge in [0, 0.05) is 25.4 Å². The van der Waals surface area contributed by atoms with Crippen LogP contribution in [0.4, 0.5) is 13.2 Å². The van der Waals surface area contributed by atoms with Gasteiger partial charge < -0.3 is 5.32 Å². The van der Waals surface area contributed by atoms with Gasteiger partial charge in [-0.1, -0.05) is 6.07 Å². The molecule has 0 spiro atoms. The molecule has 3 rings (SSSR count). The summed E-state index contributed by atoms with van der Waals surface area (Å²) in [7, 11) is 1.57. The first kappa shape index (κ1) is 19.3. The van der Waals surface area contributed by atoms with Gasteiger partial charge in [-0.3, -0.25) is 14.3 Å². The summed E-state index contributed by atoms with van der Waals surface area (Å²) in [6, 6.07) is 9.13. The Morgan fingerprint density at radius 2 is 1.86 bits per heavy atom. The summed E-state index contributed by atoms with van der Waals surface area (Å²) >= 11 is 0. The molecular formula is C18H16F3N5O2. The number of carbonyl (C=O) groups is 1. The van der Waals surface area contributed by atoms with Gasteiger partial charge >= 0.3 is 11.9 Å². The minimum Gasteiger partial charge on any atom is -0.350 e. The minimum atomic E-state index is -4.46. The zero-order valence-corrected chi connectivity index (χ0v) is 14.8.